The van der Waals surface area contributed by atoms with Crippen LogP contribution in [0.3, 0.4) is 0 Å². The number of imide groups is 2. The largest absolute Gasteiger partial charge is 0.396 e. The van der Waals surface area contributed by atoms with Crippen LogP contribution in [0.5, 0.6) is 0 Å². The zero-order valence-corrected chi connectivity index (χ0v) is 15.2. The number of carbonyl (C=O) groups is 4. The van der Waals surface area contributed by atoms with E-state index in [0.717, 1.165) is 18.0 Å². The van der Waals surface area contributed by atoms with E-state index in [2.05, 4.69) is 16.0 Å². The van der Waals surface area contributed by atoms with Gasteiger partial charge in [-0.1, -0.05) is 12.1 Å². The Morgan fingerprint density at radius 1 is 1.14 bits per heavy atom. The number of piperidine rings is 1. The molecule has 0 bridgehead atoms. The number of aliphatic hydroxyl groups is 1. The van der Waals surface area contributed by atoms with Crippen LogP contribution in [-0.4, -0.2) is 65.4 Å². The molecule has 2 fully saturated rings. The number of rotatable bonds is 5. The topological polar surface area (TPSA) is 128 Å². The second-order valence-electron chi connectivity index (χ2n) is 7.38. The maximum absolute atomic E-state index is 13.0. The third-order valence-corrected chi connectivity index (χ3v) is 5.68. The summed E-state index contributed by atoms with van der Waals surface area (Å²) >= 11 is 0. The first-order chi connectivity index (χ1) is 13.5. The summed E-state index contributed by atoms with van der Waals surface area (Å²) in [5.41, 5.74) is 1.25. The van der Waals surface area contributed by atoms with E-state index in [1.54, 1.807) is 18.2 Å². The molecule has 1 aromatic rings. The molecule has 1 aromatic carbocycles. The molecule has 0 radical (unpaired) electrons. The van der Waals surface area contributed by atoms with E-state index in [1.807, 2.05) is 0 Å². The summed E-state index contributed by atoms with van der Waals surface area (Å²) in [6.45, 7) is 1.88. The van der Waals surface area contributed by atoms with Gasteiger partial charge >= 0.3 is 0 Å². The summed E-state index contributed by atoms with van der Waals surface area (Å²) in [7, 11) is 0. The van der Waals surface area contributed by atoms with Crippen molar-refractivity contribution in [2.75, 3.05) is 19.7 Å². The Balaban J connectivity index is 1.56. The van der Waals surface area contributed by atoms with Gasteiger partial charge in [0.2, 0.25) is 11.8 Å². The van der Waals surface area contributed by atoms with Gasteiger partial charge in [0.15, 0.2) is 0 Å². The third-order valence-electron chi connectivity index (χ3n) is 5.68. The van der Waals surface area contributed by atoms with Crippen molar-refractivity contribution in [2.45, 2.75) is 31.5 Å². The molecule has 4 N–H and O–H groups in total. The second-order valence-corrected chi connectivity index (χ2v) is 7.38. The quantitative estimate of drug-likeness (QED) is 0.466. The lowest BCUT2D eigenvalue weighted by Gasteiger charge is -2.27. The fourth-order valence-corrected chi connectivity index (χ4v) is 4.14. The molecular weight excluding hydrogens is 364 g/mol. The van der Waals surface area contributed by atoms with Gasteiger partial charge in [-0.25, -0.2) is 0 Å². The van der Waals surface area contributed by atoms with Crippen molar-refractivity contribution in [3.8, 4) is 0 Å². The highest BCUT2D eigenvalue weighted by molar-refractivity contribution is 6.24. The van der Waals surface area contributed by atoms with Crippen LogP contribution in [-0.2, 0) is 16.1 Å². The Hall–Kier alpha value is -2.62. The molecule has 28 heavy (non-hydrogen) atoms. The average Bonchev–Trinajstić information content (AvgIpc) is 3.24. The smallest absolute Gasteiger partial charge is 0.262 e. The molecule has 0 spiro atoms. The van der Waals surface area contributed by atoms with Crippen LogP contribution in [0.25, 0.3) is 0 Å². The molecule has 2 saturated heterocycles. The number of hydrogen-bond acceptors (Lipinski definition) is 7. The number of nitrogens with one attached hydrogen (secondary N) is 3. The van der Waals surface area contributed by atoms with E-state index in [4.69, 9.17) is 0 Å². The summed E-state index contributed by atoms with van der Waals surface area (Å²) in [6.07, 6.45) is 0.227. The van der Waals surface area contributed by atoms with E-state index < -0.39 is 29.7 Å². The molecule has 0 saturated carbocycles. The van der Waals surface area contributed by atoms with Crippen LogP contribution < -0.4 is 16.0 Å². The minimum atomic E-state index is -0.969. The zero-order valence-electron chi connectivity index (χ0n) is 15.2. The van der Waals surface area contributed by atoms with Crippen molar-refractivity contribution >= 4 is 23.6 Å². The van der Waals surface area contributed by atoms with E-state index in [1.165, 1.54) is 0 Å². The van der Waals surface area contributed by atoms with Gasteiger partial charge in [-0.15, -0.1) is 0 Å². The summed E-state index contributed by atoms with van der Waals surface area (Å²) in [6, 6.07) is 4.17. The molecule has 4 amide bonds. The molecule has 9 heteroatoms. The zero-order chi connectivity index (χ0) is 19.8. The Morgan fingerprint density at radius 3 is 2.71 bits per heavy atom. The number of carbonyl (C=O) groups excluding carboxylic acids is 4. The molecular formula is C19H22N4O5. The fourth-order valence-electron chi connectivity index (χ4n) is 4.14. The molecule has 3 unspecified atom stereocenters. The van der Waals surface area contributed by atoms with Gasteiger partial charge in [0, 0.05) is 44.6 Å². The monoisotopic (exact) mass is 386 g/mol. The van der Waals surface area contributed by atoms with Crippen molar-refractivity contribution in [2.24, 2.45) is 5.92 Å². The predicted molar refractivity (Wildman–Crippen MR) is 97.2 cm³/mol. The standard InChI is InChI=1S/C19H22N4O5/c24-9-11-6-20-8-13(11)21-7-10-2-1-3-12-16(10)19(28)23(18(12)27)14-4-5-15(25)22-17(14)26/h1-3,11,13-14,20-21,24H,4-9H2,(H,22,25,26). The van der Waals surface area contributed by atoms with Gasteiger partial charge < -0.3 is 15.7 Å². The Kier molecular flexibility index (Phi) is 4.96. The van der Waals surface area contributed by atoms with Gasteiger partial charge in [-0.3, -0.25) is 29.4 Å². The predicted octanol–water partition coefficient (Wildman–Crippen LogP) is -1.24. The SMILES string of the molecule is O=C1CCC(N2C(=O)c3cccc(CNC4CNCC4CO)c3C2=O)C(=O)N1. The number of aliphatic hydroxyl groups excluding tert-OH is 1. The highest BCUT2D eigenvalue weighted by Crippen LogP contribution is 2.30. The van der Waals surface area contributed by atoms with Crippen LogP contribution >= 0.6 is 0 Å². The first kappa shape index (κ1) is 18.7. The van der Waals surface area contributed by atoms with Crippen LogP contribution in [0.1, 0.15) is 39.1 Å². The minimum absolute atomic E-state index is 0.0677. The second kappa shape index (κ2) is 7.42. The first-order valence-electron chi connectivity index (χ1n) is 9.39. The van der Waals surface area contributed by atoms with Crippen LogP contribution in [0.4, 0.5) is 0 Å². The van der Waals surface area contributed by atoms with E-state index >= 15 is 0 Å². The third kappa shape index (κ3) is 3.11. The summed E-state index contributed by atoms with van der Waals surface area (Å²) in [5, 5.41) is 18.2. The fraction of sp³-hybridized carbons (Fsp3) is 0.474. The highest BCUT2D eigenvalue weighted by Gasteiger charge is 2.45. The Labute approximate surface area is 161 Å². The van der Waals surface area contributed by atoms with Crippen molar-refractivity contribution in [1.29, 1.82) is 0 Å². The summed E-state index contributed by atoms with van der Waals surface area (Å²) in [4.78, 5) is 50.4. The normalized spacial score (nSPS) is 27.3. The van der Waals surface area contributed by atoms with Gasteiger partial charge in [0.25, 0.3) is 11.8 Å². The van der Waals surface area contributed by atoms with Crippen molar-refractivity contribution in [3.63, 3.8) is 0 Å². The lowest BCUT2D eigenvalue weighted by molar-refractivity contribution is -0.136. The van der Waals surface area contributed by atoms with E-state index in [9.17, 15) is 24.3 Å². The number of benzene rings is 1. The van der Waals surface area contributed by atoms with Crippen LogP contribution in [0.15, 0.2) is 18.2 Å². The average molecular weight is 386 g/mol. The molecule has 3 aliphatic heterocycles. The van der Waals surface area contributed by atoms with Gasteiger partial charge in [-0.2, -0.15) is 0 Å². The molecule has 3 atom stereocenters. The van der Waals surface area contributed by atoms with Crippen molar-refractivity contribution in [3.05, 3.63) is 34.9 Å². The van der Waals surface area contributed by atoms with E-state index in [-0.39, 0.29) is 37.0 Å². The molecule has 3 heterocycles. The molecule has 9 nitrogen and oxygen atoms in total. The molecule has 148 valence electrons. The first-order valence-corrected chi connectivity index (χ1v) is 9.39. The van der Waals surface area contributed by atoms with Gasteiger partial charge in [-0.05, 0) is 18.1 Å². The molecule has 0 aliphatic carbocycles. The summed E-state index contributed by atoms with van der Waals surface area (Å²) < 4.78 is 0. The van der Waals surface area contributed by atoms with Gasteiger partial charge in [0.1, 0.15) is 6.04 Å². The Morgan fingerprint density at radius 2 is 1.96 bits per heavy atom. The molecule has 4 rings (SSSR count). The number of fused-ring (bicyclic) bond motifs is 1. The lowest BCUT2D eigenvalue weighted by Crippen LogP contribution is -2.54. The number of amides is 4. The van der Waals surface area contributed by atoms with Crippen molar-refractivity contribution in [1.82, 2.24) is 20.9 Å². The highest BCUT2D eigenvalue weighted by atomic mass is 16.3. The number of nitrogens with zero attached hydrogens (tertiary/aromatic N) is 1. The van der Waals surface area contributed by atoms with E-state index in [0.29, 0.717) is 17.7 Å². The summed E-state index contributed by atoms with van der Waals surface area (Å²) in [5.74, 6) is -1.93. The lowest BCUT2D eigenvalue weighted by atomic mass is 10.0. The molecule has 0 aromatic heterocycles. The van der Waals surface area contributed by atoms with Gasteiger partial charge in [0.05, 0.1) is 11.1 Å². The van der Waals surface area contributed by atoms with Crippen LogP contribution in [0, 0.1) is 5.92 Å². The maximum Gasteiger partial charge on any atom is 0.262 e. The van der Waals surface area contributed by atoms with Crippen LogP contribution in [0.2, 0.25) is 0 Å². The van der Waals surface area contributed by atoms with Crippen molar-refractivity contribution < 1.29 is 24.3 Å². The minimum Gasteiger partial charge on any atom is -0.396 e. The molecule has 3 aliphatic rings. The Bertz CT molecular complexity index is 855. The maximum atomic E-state index is 13.0. The number of hydrogen-bond donors (Lipinski definition) is 4.